The second kappa shape index (κ2) is 4.20. The largest absolute Gasteiger partial charge is 0.292 e. The van der Waals surface area contributed by atoms with Crippen LogP contribution in [0.2, 0.25) is 5.02 Å². The molecule has 2 aromatic heterocycles. The molecule has 0 unspecified atom stereocenters. The van der Waals surface area contributed by atoms with Gasteiger partial charge >= 0.3 is 0 Å². The summed E-state index contributed by atoms with van der Waals surface area (Å²) in [6.07, 6.45) is 4.09. The highest BCUT2D eigenvalue weighted by Gasteiger charge is 2.22. The van der Waals surface area contributed by atoms with Crippen molar-refractivity contribution in [1.29, 1.82) is 0 Å². The first-order chi connectivity index (χ1) is 8.24. The van der Waals surface area contributed by atoms with Crippen molar-refractivity contribution < 1.29 is 4.79 Å². The molecule has 0 atom stereocenters. The van der Waals surface area contributed by atoms with Crippen LogP contribution in [0.1, 0.15) is 28.2 Å². The zero-order valence-corrected chi connectivity index (χ0v) is 10.5. The van der Waals surface area contributed by atoms with E-state index < -0.39 is 0 Å². The van der Waals surface area contributed by atoms with E-state index in [2.05, 4.69) is 9.97 Å². The monoisotopic (exact) mass is 264 g/mol. The minimum absolute atomic E-state index is 0.155. The maximum absolute atomic E-state index is 11.7. The van der Waals surface area contributed by atoms with Crippen molar-refractivity contribution in [3.63, 3.8) is 0 Å². The van der Waals surface area contributed by atoms with Crippen molar-refractivity contribution in [2.45, 2.75) is 19.3 Å². The van der Waals surface area contributed by atoms with Gasteiger partial charge in [0.1, 0.15) is 10.7 Å². The zero-order chi connectivity index (χ0) is 11.8. The van der Waals surface area contributed by atoms with Gasteiger partial charge in [-0.2, -0.15) is 0 Å². The number of hydrogen-bond donors (Lipinski definition) is 0. The van der Waals surface area contributed by atoms with Gasteiger partial charge in [-0.1, -0.05) is 11.6 Å². The van der Waals surface area contributed by atoms with Crippen LogP contribution in [0.25, 0.3) is 10.7 Å². The normalized spacial score (nSPS) is 14.8. The van der Waals surface area contributed by atoms with Crippen LogP contribution in [0.5, 0.6) is 0 Å². The number of rotatable bonds is 1. The molecule has 2 aromatic rings. The third-order valence-electron chi connectivity index (χ3n) is 2.72. The Bertz CT molecular complexity index is 577. The highest BCUT2D eigenvalue weighted by molar-refractivity contribution is 7.15. The molecule has 0 bridgehead atoms. The highest BCUT2D eigenvalue weighted by atomic mass is 35.5. The molecular formula is C12H9ClN2OS. The van der Waals surface area contributed by atoms with E-state index in [1.54, 1.807) is 23.6 Å². The van der Waals surface area contributed by atoms with Gasteiger partial charge in [0, 0.05) is 17.5 Å². The molecule has 1 aliphatic carbocycles. The fourth-order valence-corrected chi connectivity index (χ4v) is 3.09. The van der Waals surface area contributed by atoms with Crippen molar-refractivity contribution in [2.24, 2.45) is 0 Å². The predicted octanol–water partition coefficient (Wildman–Crippen LogP) is 3.38. The number of ketones is 1. The molecule has 3 rings (SSSR count). The van der Waals surface area contributed by atoms with Gasteiger partial charge in [0.25, 0.3) is 0 Å². The number of pyridine rings is 1. The molecule has 86 valence electrons. The Morgan fingerprint density at radius 3 is 2.88 bits per heavy atom. The van der Waals surface area contributed by atoms with Gasteiger partial charge in [0.05, 0.1) is 10.7 Å². The van der Waals surface area contributed by atoms with Crippen LogP contribution >= 0.6 is 22.9 Å². The Labute approximate surface area is 107 Å². The van der Waals surface area contributed by atoms with Crippen LogP contribution in [0.15, 0.2) is 18.3 Å². The van der Waals surface area contributed by atoms with E-state index in [-0.39, 0.29) is 5.78 Å². The van der Waals surface area contributed by atoms with E-state index in [4.69, 9.17) is 11.6 Å². The van der Waals surface area contributed by atoms with Crippen LogP contribution in [0.3, 0.4) is 0 Å². The third kappa shape index (κ3) is 1.98. The van der Waals surface area contributed by atoms with Gasteiger partial charge in [0.2, 0.25) is 0 Å². The Hall–Kier alpha value is -1.26. The number of thiazole rings is 1. The molecule has 17 heavy (non-hydrogen) atoms. The topological polar surface area (TPSA) is 42.9 Å². The third-order valence-corrected chi connectivity index (χ3v) is 4.08. The summed E-state index contributed by atoms with van der Waals surface area (Å²) >= 11 is 7.35. The summed E-state index contributed by atoms with van der Waals surface area (Å²) in [5.74, 6) is 0.155. The number of fused-ring (bicyclic) bond motifs is 1. The summed E-state index contributed by atoms with van der Waals surface area (Å²) in [5, 5.41) is 1.41. The van der Waals surface area contributed by atoms with E-state index in [9.17, 15) is 4.79 Å². The van der Waals surface area contributed by atoms with Crippen molar-refractivity contribution in [1.82, 2.24) is 9.97 Å². The maximum atomic E-state index is 11.7. The first-order valence-corrected chi connectivity index (χ1v) is 6.58. The molecule has 0 aromatic carbocycles. The van der Waals surface area contributed by atoms with Crippen molar-refractivity contribution >= 4 is 28.7 Å². The smallest absolute Gasteiger partial charge is 0.182 e. The standard InChI is InChI=1S/C12H9ClN2OS/c13-7-4-5-8(14-6-7)12-15-11-9(16)2-1-3-10(11)17-12/h4-6H,1-3H2. The molecule has 0 fully saturated rings. The number of hydrogen-bond acceptors (Lipinski definition) is 4. The minimum atomic E-state index is 0.155. The Morgan fingerprint density at radius 1 is 1.29 bits per heavy atom. The SMILES string of the molecule is O=C1CCCc2sc(-c3ccc(Cl)cn3)nc21. The van der Waals surface area contributed by atoms with Gasteiger partial charge in [-0.05, 0) is 25.0 Å². The first-order valence-electron chi connectivity index (χ1n) is 5.39. The van der Waals surface area contributed by atoms with Gasteiger partial charge in [-0.15, -0.1) is 11.3 Å². The van der Waals surface area contributed by atoms with Crippen LogP contribution in [0.4, 0.5) is 0 Å². The summed E-state index contributed by atoms with van der Waals surface area (Å²) in [7, 11) is 0. The fourth-order valence-electron chi connectivity index (χ4n) is 1.88. The average molecular weight is 265 g/mol. The van der Waals surface area contributed by atoms with Crippen molar-refractivity contribution in [2.75, 3.05) is 0 Å². The molecule has 1 aliphatic rings. The Morgan fingerprint density at radius 2 is 2.18 bits per heavy atom. The molecule has 0 spiro atoms. The number of aromatic nitrogens is 2. The fraction of sp³-hybridized carbons (Fsp3) is 0.250. The Balaban J connectivity index is 2.05. The number of nitrogens with zero attached hydrogens (tertiary/aromatic N) is 2. The zero-order valence-electron chi connectivity index (χ0n) is 8.94. The molecule has 3 nitrogen and oxygen atoms in total. The van der Waals surface area contributed by atoms with Crippen LogP contribution in [-0.4, -0.2) is 15.8 Å². The van der Waals surface area contributed by atoms with Gasteiger partial charge in [-0.3, -0.25) is 9.78 Å². The molecule has 0 saturated heterocycles. The summed E-state index contributed by atoms with van der Waals surface area (Å²) in [6.45, 7) is 0. The van der Waals surface area contributed by atoms with Gasteiger partial charge in [0.15, 0.2) is 5.78 Å². The van der Waals surface area contributed by atoms with E-state index in [0.717, 1.165) is 28.4 Å². The van der Waals surface area contributed by atoms with E-state index in [1.807, 2.05) is 6.07 Å². The molecule has 5 heteroatoms. The molecule has 0 amide bonds. The second-order valence-electron chi connectivity index (χ2n) is 3.93. The summed E-state index contributed by atoms with van der Waals surface area (Å²) < 4.78 is 0. The molecule has 0 saturated carbocycles. The molecule has 0 N–H and O–H groups in total. The minimum Gasteiger partial charge on any atom is -0.292 e. The lowest BCUT2D eigenvalue weighted by molar-refractivity contribution is 0.0968. The van der Waals surface area contributed by atoms with Crippen LogP contribution in [0, 0.1) is 0 Å². The van der Waals surface area contributed by atoms with E-state index >= 15 is 0 Å². The summed E-state index contributed by atoms with van der Waals surface area (Å²) in [4.78, 5) is 21.4. The number of carbonyl (C=O) groups excluding carboxylic acids is 1. The molecular weight excluding hydrogens is 256 g/mol. The molecule has 2 heterocycles. The van der Waals surface area contributed by atoms with Crippen molar-refractivity contribution in [3.8, 4) is 10.7 Å². The number of aryl methyl sites for hydroxylation is 1. The lowest BCUT2D eigenvalue weighted by Gasteiger charge is -2.06. The van der Waals surface area contributed by atoms with Crippen LogP contribution in [-0.2, 0) is 6.42 Å². The summed E-state index contributed by atoms with van der Waals surface area (Å²) in [6, 6.07) is 3.61. The van der Waals surface area contributed by atoms with Crippen LogP contribution < -0.4 is 0 Å². The number of carbonyl (C=O) groups is 1. The van der Waals surface area contributed by atoms with Crippen molar-refractivity contribution in [3.05, 3.63) is 33.9 Å². The second-order valence-corrected chi connectivity index (χ2v) is 5.45. The maximum Gasteiger partial charge on any atom is 0.182 e. The highest BCUT2D eigenvalue weighted by Crippen LogP contribution is 2.31. The van der Waals surface area contributed by atoms with E-state index in [1.165, 1.54) is 0 Å². The molecule has 0 aliphatic heterocycles. The average Bonchev–Trinajstić information content (AvgIpc) is 2.75. The van der Waals surface area contributed by atoms with E-state index in [0.29, 0.717) is 17.1 Å². The number of Topliss-reactive ketones (excluding diaryl/α,β-unsaturated/α-hetero) is 1. The number of halogens is 1. The van der Waals surface area contributed by atoms with Gasteiger partial charge < -0.3 is 0 Å². The lowest BCUT2D eigenvalue weighted by Crippen LogP contribution is -2.08. The lowest BCUT2D eigenvalue weighted by atomic mass is 10.0. The first kappa shape index (κ1) is 10.9. The quantitative estimate of drug-likeness (QED) is 0.793. The predicted molar refractivity (Wildman–Crippen MR) is 67.6 cm³/mol. The molecule has 0 radical (unpaired) electrons. The Kier molecular flexibility index (Phi) is 2.68. The summed E-state index contributed by atoms with van der Waals surface area (Å²) in [5.41, 5.74) is 1.43. The van der Waals surface area contributed by atoms with Gasteiger partial charge in [-0.25, -0.2) is 4.98 Å².